The molecule has 2 rings (SSSR count). The predicted molar refractivity (Wildman–Crippen MR) is 86.3 cm³/mol. The molecule has 0 unspecified atom stereocenters. The fourth-order valence-electron chi connectivity index (χ4n) is 2.15. The van der Waals surface area contributed by atoms with Gasteiger partial charge in [-0.3, -0.25) is 0 Å². The summed E-state index contributed by atoms with van der Waals surface area (Å²) in [5.41, 5.74) is 2.25. The molecule has 3 nitrogen and oxygen atoms in total. The number of hydrogen-bond donors (Lipinski definition) is 1. The van der Waals surface area contributed by atoms with Crippen molar-refractivity contribution in [3.63, 3.8) is 0 Å². The maximum atomic E-state index is 6.03. The molecule has 0 aliphatic rings. The molecule has 0 amide bonds. The minimum atomic E-state index is 0.204. The van der Waals surface area contributed by atoms with Gasteiger partial charge in [0.2, 0.25) is 0 Å². The number of benzene rings is 2. The van der Waals surface area contributed by atoms with Crippen molar-refractivity contribution in [2.75, 3.05) is 14.2 Å². The van der Waals surface area contributed by atoms with Gasteiger partial charge < -0.3 is 14.8 Å². The lowest BCUT2D eigenvalue weighted by molar-refractivity contribution is 0.389. The molecular weight excluding hydrogens is 286 g/mol. The van der Waals surface area contributed by atoms with Gasteiger partial charge in [-0.05, 0) is 30.7 Å². The smallest absolute Gasteiger partial charge is 0.127 e. The van der Waals surface area contributed by atoms with Crippen LogP contribution in [0, 0.1) is 0 Å². The second-order valence-corrected chi connectivity index (χ2v) is 5.27. The Bertz CT molecular complexity index is 601. The Morgan fingerprint density at radius 2 is 1.90 bits per heavy atom. The van der Waals surface area contributed by atoms with E-state index >= 15 is 0 Å². The minimum absolute atomic E-state index is 0.204. The first-order valence-corrected chi connectivity index (χ1v) is 7.21. The third-order valence-corrected chi connectivity index (χ3v) is 3.68. The van der Waals surface area contributed by atoms with E-state index in [1.165, 1.54) is 0 Å². The van der Waals surface area contributed by atoms with Crippen molar-refractivity contribution in [2.24, 2.45) is 0 Å². The summed E-state index contributed by atoms with van der Waals surface area (Å²) >= 11 is 6.03. The average molecular weight is 306 g/mol. The van der Waals surface area contributed by atoms with E-state index in [4.69, 9.17) is 21.1 Å². The minimum Gasteiger partial charge on any atom is -0.497 e. The van der Waals surface area contributed by atoms with Gasteiger partial charge in [0.15, 0.2) is 0 Å². The van der Waals surface area contributed by atoms with Crippen molar-refractivity contribution in [1.29, 1.82) is 0 Å². The van der Waals surface area contributed by atoms with Crippen molar-refractivity contribution >= 4 is 11.6 Å². The molecule has 0 saturated carbocycles. The van der Waals surface area contributed by atoms with Gasteiger partial charge in [-0.1, -0.05) is 29.8 Å². The Morgan fingerprint density at radius 1 is 1.10 bits per heavy atom. The maximum absolute atomic E-state index is 6.03. The van der Waals surface area contributed by atoms with E-state index in [2.05, 4.69) is 18.3 Å². The summed E-state index contributed by atoms with van der Waals surface area (Å²) in [4.78, 5) is 0. The monoisotopic (exact) mass is 305 g/mol. The van der Waals surface area contributed by atoms with Gasteiger partial charge in [-0.15, -0.1) is 0 Å². The highest BCUT2D eigenvalue weighted by molar-refractivity contribution is 6.30. The van der Waals surface area contributed by atoms with Gasteiger partial charge in [0.1, 0.15) is 11.5 Å². The van der Waals surface area contributed by atoms with E-state index in [0.29, 0.717) is 6.54 Å². The quantitative estimate of drug-likeness (QED) is 0.867. The van der Waals surface area contributed by atoms with Crippen LogP contribution in [0.1, 0.15) is 24.1 Å². The molecule has 0 aliphatic carbocycles. The molecule has 0 heterocycles. The SMILES string of the molecule is COc1ccc(CN[C@@H](C)c2cccc(Cl)c2)c(OC)c1. The fraction of sp³-hybridized carbons (Fsp3) is 0.294. The van der Waals surface area contributed by atoms with E-state index in [9.17, 15) is 0 Å². The highest BCUT2D eigenvalue weighted by Crippen LogP contribution is 2.25. The molecule has 0 saturated heterocycles. The van der Waals surface area contributed by atoms with Crippen LogP contribution >= 0.6 is 11.6 Å². The molecular formula is C17H20ClNO2. The first-order chi connectivity index (χ1) is 10.1. The Balaban J connectivity index is 2.05. The average Bonchev–Trinajstić information content (AvgIpc) is 2.52. The van der Waals surface area contributed by atoms with E-state index in [0.717, 1.165) is 27.6 Å². The van der Waals surface area contributed by atoms with Crippen LogP contribution < -0.4 is 14.8 Å². The summed E-state index contributed by atoms with van der Waals surface area (Å²) in [7, 11) is 3.31. The number of ether oxygens (including phenoxy) is 2. The van der Waals surface area contributed by atoms with Crippen LogP contribution in [0.15, 0.2) is 42.5 Å². The van der Waals surface area contributed by atoms with Gasteiger partial charge in [0, 0.05) is 29.2 Å². The summed E-state index contributed by atoms with van der Waals surface area (Å²) in [6.07, 6.45) is 0. The molecule has 2 aromatic carbocycles. The highest BCUT2D eigenvalue weighted by Gasteiger charge is 2.09. The third kappa shape index (κ3) is 4.13. The van der Waals surface area contributed by atoms with E-state index in [1.54, 1.807) is 14.2 Å². The fourth-order valence-corrected chi connectivity index (χ4v) is 2.35. The Morgan fingerprint density at radius 3 is 2.57 bits per heavy atom. The van der Waals surface area contributed by atoms with Gasteiger partial charge in [0.25, 0.3) is 0 Å². The van der Waals surface area contributed by atoms with Crippen LogP contribution in [0.25, 0.3) is 0 Å². The molecule has 0 spiro atoms. The summed E-state index contributed by atoms with van der Waals surface area (Å²) in [6.45, 7) is 2.82. The number of nitrogens with one attached hydrogen (secondary N) is 1. The largest absolute Gasteiger partial charge is 0.497 e. The molecule has 0 fully saturated rings. The zero-order valence-corrected chi connectivity index (χ0v) is 13.3. The van der Waals surface area contributed by atoms with Crippen molar-refractivity contribution < 1.29 is 9.47 Å². The molecule has 0 aliphatic heterocycles. The third-order valence-electron chi connectivity index (χ3n) is 3.44. The predicted octanol–water partition coefficient (Wildman–Crippen LogP) is 4.21. The summed E-state index contributed by atoms with van der Waals surface area (Å²) < 4.78 is 10.6. The lowest BCUT2D eigenvalue weighted by Gasteiger charge is -2.16. The van der Waals surface area contributed by atoms with Crippen molar-refractivity contribution in [2.45, 2.75) is 19.5 Å². The lowest BCUT2D eigenvalue weighted by atomic mass is 10.1. The van der Waals surface area contributed by atoms with Crippen molar-refractivity contribution in [1.82, 2.24) is 5.32 Å². The van der Waals surface area contributed by atoms with Crippen LogP contribution in [0.5, 0.6) is 11.5 Å². The van der Waals surface area contributed by atoms with Gasteiger partial charge >= 0.3 is 0 Å². The highest BCUT2D eigenvalue weighted by atomic mass is 35.5. The number of methoxy groups -OCH3 is 2. The van der Waals surface area contributed by atoms with Crippen molar-refractivity contribution in [3.8, 4) is 11.5 Å². The molecule has 1 N–H and O–H groups in total. The summed E-state index contributed by atoms with van der Waals surface area (Å²) in [5, 5.41) is 4.23. The standard InChI is InChI=1S/C17H20ClNO2/c1-12(13-5-4-6-15(18)9-13)19-11-14-7-8-16(20-2)10-17(14)21-3/h4-10,12,19H,11H2,1-3H3/t12-/m0/s1. The van der Waals surface area contributed by atoms with E-state index < -0.39 is 0 Å². The molecule has 4 heteroatoms. The zero-order chi connectivity index (χ0) is 15.2. The number of hydrogen-bond acceptors (Lipinski definition) is 3. The van der Waals surface area contributed by atoms with Crippen LogP contribution in [-0.2, 0) is 6.54 Å². The maximum Gasteiger partial charge on any atom is 0.127 e. The van der Waals surface area contributed by atoms with Gasteiger partial charge in [-0.2, -0.15) is 0 Å². The molecule has 112 valence electrons. The normalized spacial score (nSPS) is 12.0. The molecule has 0 radical (unpaired) electrons. The Labute approximate surface area is 130 Å². The Hall–Kier alpha value is -1.71. The van der Waals surface area contributed by atoms with E-state index in [1.807, 2.05) is 36.4 Å². The Kier molecular flexibility index (Phi) is 5.48. The van der Waals surface area contributed by atoms with Gasteiger partial charge in [0.05, 0.1) is 14.2 Å². The first-order valence-electron chi connectivity index (χ1n) is 6.83. The zero-order valence-electron chi connectivity index (χ0n) is 12.5. The summed E-state index contributed by atoms with van der Waals surface area (Å²) in [5.74, 6) is 1.61. The second kappa shape index (κ2) is 7.34. The van der Waals surface area contributed by atoms with Crippen molar-refractivity contribution in [3.05, 3.63) is 58.6 Å². The molecule has 1 atom stereocenters. The van der Waals surface area contributed by atoms with Gasteiger partial charge in [-0.25, -0.2) is 0 Å². The number of halogens is 1. The van der Waals surface area contributed by atoms with E-state index in [-0.39, 0.29) is 6.04 Å². The van der Waals surface area contributed by atoms with Crippen LogP contribution in [0.3, 0.4) is 0 Å². The summed E-state index contributed by atoms with van der Waals surface area (Å²) in [6, 6.07) is 13.9. The topological polar surface area (TPSA) is 30.5 Å². The molecule has 2 aromatic rings. The molecule has 0 aromatic heterocycles. The first kappa shape index (κ1) is 15.7. The second-order valence-electron chi connectivity index (χ2n) is 4.84. The molecule has 21 heavy (non-hydrogen) atoms. The number of rotatable bonds is 6. The lowest BCUT2D eigenvalue weighted by Crippen LogP contribution is -2.18. The van der Waals surface area contributed by atoms with Crippen LogP contribution in [0.4, 0.5) is 0 Å². The van der Waals surface area contributed by atoms with Crippen LogP contribution in [0.2, 0.25) is 5.02 Å². The molecule has 0 bridgehead atoms. The van der Waals surface area contributed by atoms with Crippen LogP contribution in [-0.4, -0.2) is 14.2 Å².